The fraction of sp³-hybridized carbons (Fsp3) is 0.850. The molecule has 3 saturated carbocycles. The van der Waals surface area contributed by atoms with Crippen LogP contribution in [0.4, 0.5) is 14.0 Å². The van der Waals surface area contributed by atoms with Crippen LogP contribution >= 0.6 is 0 Å². The van der Waals surface area contributed by atoms with Gasteiger partial charge >= 0.3 is 12.1 Å². The summed E-state index contributed by atoms with van der Waals surface area (Å²) < 4.78 is 13.2. The summed E-state index contributed by atoms with van der Waals surface area (Å²) in [6.45, 7) is 0.543. The highest BCUT2D eigenvalue weighted by Gasteiger charge is 2.66. The average molecular weight is 394 g/mol. The fourth-order valence-electron chi connectivity index (χ4n) is 5.93. The number of likely N-dealkylation sites (N-methyl/N-ethyl adjacent to an activating group) is 2. The molecule has 2 spiro atoms. The predicted octanol–water partition coefficient (Wildman–Crippen LogP) is 2.41. The first-order valence-electron chi connectivity index (χ1n) is 10.5. The molecule has 0 aromatic heterocycles. The lowest BCUT2D eigenvalue weighted by atomic mass is 9.51. The van der Waals surface area contributed by atoms with Crippen molar-refractivity contribution in [3.8, 4) is 0 Å². The lowest BCUT2D eigenvalue weighted by molar-refractivity contribution is -0.147. The molecule has 1 aliphatic heterocycles. The van der Waals surface area contributed by atoms with Gasteiger partial charge in [0, 0.05) is 26.7 Å². The molecule has 0 bridgehead atoms. The van der Waals surface area contributed by atoms with E-state index in [0.717, 1.165) is 44.9 Å². The van der Waals surface area contributed by atoms with Gasteiger partial charge in [0.15, 0.2) is 0 Å². The minimum absolute atomic E-state index is 0.0762. The molecule has 2 atom stereocenters. The molecular weight excluding hydrogens is 363 g/mol. The van der Waals surface area contributed by atoms with Crippen molar-refractivity contribution in [3.63, 3.8) is 0 Å². The van der Waals surface area contributed by atoms with E-state index in [1.807, 2.05) is 0 Å². The van der Waals surface area contributed by atoms with Gasteiger partial charge in [-0.1, -0.05) is 0 Å². The summed E-state index contributed by atoms with van der Waals surface area (Å²) in [6.07, 6.45) is 6.47. The third-order valence-corrected chi connectivity index (χ3v) is 7.66. The Morgan fingerprint density at radius 1 is 1.14 bits per heavy atom. The molecule has 0 aromatic carbocycles. The Hall–Kier alpha value is -1.86. The lowest BCUT2D eigenvalue weighted by Gasteiger charge is -2.57. The van der Waals surface area contributed by atoms with Crippen LogP contribution in [0.3, 0.4) is 0 Å². The molecule has 5 amide bonds. The summed E-state index contributed by atoms with van der Waals surface area (Å²) in [4.78, 5) is 39.6. The van der Waals surface area contributed by atoms with Crippen LogP contribution in [0.25, 0.3) is 0 Å². The summed E-state index contributed by atoms with van der Waals surface area (Å²) in [6, 6.07) is -0.236. The van der Waals surface area contributed by atoms with Crippen molar-refractivity contribution in [1.82, 2.24) is 20.4 Å². The van der Waals surface area contributed by atoms with Crippen molar-refractivity contribution in [2.24, 2.45) is 11.3 Å². The smallest absolute Gasteiger partial charge is 0.327 e. The van der Waals surface area contributed by atoms with Gasteiger partial charge in [0.25, 0.3) is 5.91 Å². The van der Waals surface area contributed by atoms with Gasteiger partial charge in [0.2, 0.25) is 0 Å². The van der Waals surface area contributed by atoms with Gasteiger partial charge in [0.05, 0.1) is 0 Å². The largest absolute Gasteiger partial charge is 0.338 e. The molecule has 7 nitrogen and oxygen atoms in total. The summed E-state index contributed by atoms with van der Waals surface area (Å²) in [5.41, 5.74) is -0.525. The van der Waals surface area contributed by atoms with Crippen molar-refractivity contribution in [3.05, 3.63) is 0 Å². The average Bonchev–Trinajstić information content (AvgIpc) is 3.13. The van der Waals surface area contributed by atoms with Gasteiger partial charge in [-0.15, -0.1) is 0 Å². The molecule has 1 saturated heterocycles. The van der Waals surface area contributed by atoms with Crippen LogP contribution in [0.15, 0.2) is 0 Å². The number of nitrogens with one attached hydrogen (secondary N) is 2. The van der Waals surface area contributed by atoms with E-state index in [1.165, 1.54) is 4.90 Å². The highest BCUT2D eigenvalue weighted by Crippen LogP contribution is 2.60. The molecule has 28 heavy (non-hydrogen) atoms. The summed E-state index contributed by atoms with van der Waals surface area (Å²) >= 11 is 0. The van der Waals surface area contributed by atoms with Gasteiger partial charge in [-0.2, -0.15) is 0 Å². The van der Waals surface area contributed by atoms with Gasteiger partial charge in [-0.25, -0.2) is 14.0 Å². The maximum absolute atomic E-state index is 13.2. The quantitative estimate of drug-likeness (QED) is 0.721. The highest BCUT2D eigenvalue weighted by atomic mass is 19.1. The van der Waals surface area contributed by atoms with Crippen molar-refractivity contribution in [2.45, 2.75) is 75.5 Å². The Morgan fingerprint density at radius 2 is 1.82 bits per heavy atom. The monoisotopic (exact) mass is 394 g/mol. The van der Waals surface area contributed by atoms with Crippen LogP contribution in [-0.2, 0) is 4.79 Å². The second-order valence-corrected chi connectivity index (χ2v) is 9.50. The number of halogens is 1. The van der Waals surface area contributed by atoms with Gasteiger partial charge in [0.1, 0.15) is 11.7 Å². The Balaban J connectivity index is 1.22. The zero-order valence-corrected chi connectivity index (χ0v) is 16.8. The third-order valence-electron chi connectivity index (χ3n) is 7.66. The molecule has 4 aliphatic rings. The van der Waals surface area contributed by atoms with E-state index < -0.39 is 11.7 Å². The molecule has 4 fully saturated rings. The zero-order chi connectivity index (χ0) is 20.1. The van der Waals surface area contributed by atoms with Crippen LogP contribution < -0.4 is 10.6 Å². The number of nitrogens with zero attached hydrogens (tertiary/aromatic N) is 2. The van der Waals surface area contributed by atoms with E-state index in [1.54, 1.807) is 19.0 Å². The zero-order valence-electron chi connectivity index (χ0n) is 16.8. The van der Waals surface area contributed by atoms with E-state index in [9.17, 15) is 18.8 Å². The molecule has 1 heterocycles. The topological polar surface area (TPSA) is 81.8 Å². The minimum Gasteiger partial charge on any atom is -0.338 e. The van der Waals surface area contributed by atoms with Crippen LogP contribution in [0.2, 0.25) is 0 Å². The van der Waals surface area contributed by atoms with Crippen LogP contribution in [0.1, 0.15) is 57.8 Å². The number of hydrogen-bond donors (Lipinski definition) is 2. The molecular formula is C20H31FN4O3. The van der Waals surface area contributed by atoms with Gasteiger partial charge in [-0.3, -0.25) is 9.69 Å². The molecule has 2 unspecified atom stereocenters. The van der Waals surface area contributed by atoms with Gasteiger partial charge in [-0.05, 0) is 69.1 Å². The van der Waals surface area contributed by atoms with Crippen LogP contribution in [0.5, 0.6) is 0 Å². The first-order valence-corrected chi connectivity index (χ1v) is 10.5. The van der Waals surface area contributed by atoms with Crippen molar-refractivity contribution in [2.75, 3.05) is 20.6 Å². The Labute approximate surface area is 165 Å². The minimum atomic E-state index is -0.712. The second kappa shape index (κ2) is 6.88. The highest BCUT2D eigenvalue weighted by molar-refractivity contribution is 6.07. The van der Waals surface area contributed by atoms with Crippen molar-refractivity contribution < 1.29 is 18.8 Å². The van der Waals surface area contributed by atoms with Crippen LogP contribution in [-0.4, -0.2) is 66.2 Å². The number of carbonyl (C=O) groups is 3. The number of urea groups is 2. The van der Waals surface area contributed by atoms with Crippen molar-refractivity contribution in [1.29, 1.82) is 0 Å². The van der Waals surface area contributed by atoms with E-state index in [2.05, 4.69) is 10.6 Å². The first-order chi connectivity index (χ1) is 13.2. The molecule has 8 heteroatoms. The second-order valence-electron chi connectivity index (χ2n) is 9.50. The molecule has 4 rings (SSSR count). The Bertz CT molecular complexity index is 668. The maximum Gasteiger partial charge on any atom is 0.327 e. The Kier molecular flexibility index (Phi) is 4.78. The first kappa shape index (κ1) is 19.5. The van der Waals surface area contributed by atoms with Crippen LogP contribution in [0, 0.1) is 11.3 Å². The number of alkyl halides is 1. The van der Waals surface area contributed by atoms with E-state index >= 15 is 0 Å². The van der Waals surface area contributed by atoms with Crippen molar-refractivity contribution >= 4 is 18.0 Å². The van der Waals surface area contributed by atoms with E-state index in [-0.39, 0.29) is 35.3 Å². The summed E-state index contributed by atoms with van der Waals surface area (Å²) in [5, 5.41) is 5.94. The fourth-order valence-corrected chi connectivity index (χ4v) is 5.93. The normalized spacial score (nSPS) is 40.3. The van der Waals surface area contributed by atoms with E-state index in [0.29, 0.717) is 19.4 Å². The molecule has 0 aromatic rings. The summed E-state index contributed by atoms with van der Waals surface area (Å²) in [7, 11) is 3.28. The number of amides is 5. The summed E-state index contributed by atoms with van der Waals surface area (Å²) in [5.74, 6) is 0.177. The molecule has 2 N–H and O–H groups in total. The predicted molar refractivity (Wildman–Crippen MR) is 101 cm³/mol. The molecule has 156 valence electrons. The SMILES string of the molecule is CN1C(=O)N(C)C2(CC3(CCC(NC(=O)NCC4CCC(F)C4)CC3)C2)C1=O. The molecule has 3 aliphatic carbocycles. The number of carbonyl (C=O) groups excluding carboxylic acids is 3. The molecule has 0 radical (unpaired) electrons. The standard InChI is InChI=1S/C20H31FN4O3/c1-24-16(26)20(25(2)18(24)28)11-19(12-20)7-5-15(6-8-19)23-17(27)22-10-13-3-4-14(21)9-13/h13-15H,3-12H2,1-2H3,(H2,22,23,27). The number of imide groups is 1. The maximum atomic E-state index is 13.2. The van der Waals surface area contributed by atoms with E-state index in [4.69, 9.17) is 0 Å². The third kappa shape index (κ3) is 3.14. The lowest BCUT2D eigenvalue weighted by Crippen LogP contribution is -2.63. The number of rotatable bonds is 3. The van der Waals surface area contributed by atoms with Gasteiger partial charge < -0.3 is 15.5 Å². The number of hydrogen-bond acceptors (Lipinski definition) is 3. The Morgan fingerprint density at radius 3 is 2.36 bits per heavy atom.